The number of nitrogens with zero attached hydrogens (tertiary/aromatic N) is 1. The van der Waals surface area contributed by atoms with E-state index in [0.717, 1.165) is 12.6 Å². The Bertz CT molecular complexity index is 435. The van der Waals surface area contributed by atoms with Gasteiger partial charge in [0.2, 0.25) is 0 Å². The van der Waals surface area contributed by atoms with Crippen molar-refractivity contribution in [2.45, 2.75) is 49.6 Å². The van der Waals surface area contributed by atoms with Gasteiger partial charge in [0.25, 0.3) is 0 Å². The van der Waals surface area contributed by atoms with Gasteiger partial charge in [0.05, 0.1) is 0 Å². The Kier molecular flexibility index (Phi) is 5.03. The van der Waals surface area contributed by atoms with E-state index in [9.17, 15) is 0 Å². The van der Waals surface area contributed by atoms with Gasteiger partial charge in [0.15, 0.2) is 0 Å². The Morgan fingerprint density at radius 2 is 2.20 bits per heavy atom. The summed E-state index contributed by atoms with van der Waals surface area (Å²) in [6.45, 7) is 6.10. The average molecular weight is 290 g/mol. The summed E-state index contributed by atoms with van der Waals surface area (Å²) >= 11 is 1.99. The first-order valence-corrected chi connectivity index (χ1v) is 9.02. The highest BCUT2D eigenvalue weighted by Gasteiger charge is 2.22. The molecule has 3 heteroatoms. The lowest BCUT2D eigenvalue weighted by molar-refractivity contribution is 0.158. The summed E-state index contributed by atoms with van der Waals surface area (Å²) < 4.78 is 0. The largest absolute Gasteiger partial charge is 0.309 e. The van der Waals surface area contributed by atoms with Crippen LogP contribution in [0.15, 0.2) is 29.2 Å². The van der Waals surface area contributed by atoms with E-state index >= 15 is 0 Å². The Labute approximate surface area is 127 Å². The van der Waals surface area contributed by atoms with Crippen LogP contribution in [0.1, 0.15) is 44.2 Å². The Hall–Kier alpha value is -0.510. The van der Waals surface area contributed by atoms with Crippen LogP contribution >= 0.6 is 11.8 Å². The second kappa shape index (κ2) is 6.97. The number of hydrogen-bond donors (Lipinski definition) is 1. The zero-order valence-electron chi connectivity index (χ0n) is 12.5. The lowest BCUT2D eigenvalue weighted by atomic mass is 10.0. The predicted molar refractivity (Wildman–Crippen MR) is 87.4 cm³/mol. The summed E-state index contributed by atoms with van der Waals surface area (Å²) in [6.07, 6.45) is 5.48. The van der Waals surface area contributed by atoms with Crippen molar-refractivity contribution in [2.75, 3.05) is 25.4 Å². The molecule has 0 aliphatic carbocycles. The van der Waals surface area contributed by atoms with Crippen LogP contribution in [0.4, 0.5) is 0 Å². The number of nitrogens with one attached hydrogen (secondary N) is 1. The Balaban J connectivity index is 1.40. The van der Waals surface area contributed by atoms with Gasteiger partial charge in [-0.1, -0.05) is 24.6 Å². The van der Waals surface area contributed by atoms with Crippen LogP contribution in [0.25, 0.3) is 0 Å². The number of thioether (sulfide) groups is 1. The van der Waals surface area contributed by atoms with Crippen molar-refractivity contribution in [1.29, 1.82) is 0 Å². The Morgan fingerprint density at radius 1 is 1.30 bits per heavy atom. The molecule has 2 aliphatic rings. The van der Waals surface area contributed by atoms with Crippen molar-refractivity contribution < 1.29 is 0 Å². The third kappa shape index (κ3) is 3.38. The molecule has 0 aromatic heterocycles. The van der Waals surface area contributed by atoms with Crippen LogP contribution < -0.4 is 5.32 Å². The van der Waals surface area contributed by atoms with Crippen molar-refractivity contribution in [1.82, 2.24) is 10.2 Å². The van der Waals surface area contributed by atoms with E-state index in [0.29, 0.717) is 6.04 Å². The lowest BCUT2D eigenvalue weighted by Crippen LogP contribution is -2.39. The zero-order chi connectivity index (χ0) is 13.8. The molecule has 1 aromatic carbocycles. The molecule has 2 heterocycles. The van der Waals surface area contributed by atoms with Crippen molar-refractivity contribution in [2.24, 2.45) is 0 Å². The quantitative estimate of drug-likeness (QED) is 0.833. The van der Waals surface area contributed by atoms with E-state index in [1.807, 2.05) is 11.8 Å². The van der Waals surface area contributed by atoms with Gasteiger partial charge in [-0.2, -0.15) is 0 Å². The molecule has 1 saturated heterocycles. The summed E-state index contributed by atoms with van der Waals surface area (Å²) in [5.41, 5.74) is 1.50. The van der Waals surface area contributed by atoms with E-state index in [4.69, 9.17) is 0 Å². The monoisotopic (exact) mass is 290 g/mol. The molecule has 0 spiro atoms. The summed E-state index contributed by atoms with van der Waals surface area (Å²) in [7, 11) is 0. The molecule has 3 rings (SSSR count). The molecular weight excluding hydrogens is 264 g/mol. The lowest BCUT2D eigenvalue weighted by Gasteiger charge is -2.33. The molecule has 1 aromatic rings. The zero-order valence-corrected chi connectivity index (χ0v) is 13.3. The van der Waals surface area contributed by atoms with E-state index < -0.39 is 0 Å². The molecule has 2 atom stereocenters. The highest BCUT2D eigenvalue weighted by molar-refractivity contribution is 7.99. The summed E-state index contributed by atoms with van der Waals surface area (Å²) in [5.74, 6) is 1.19. The minimum Gasteiger partial charge on any atom is -0.309 e. The maximum atomic E-state index is 3.74. The van der Waals surface area contributed by atoms with E-state index in [1.165, 1.54) is 55.0 Å². The highest BCUT2D eigenvalue weighted by Crippen LogP contribution is 2.37. The average Bonchev–Trinajstić information content (AvgIpc) is 2.89. The van der Waals surface area contributed by atoms with Crippen LogP contribution in [0.2, 0.25) is 0 Å². The van der Waals surface area contributed by atoms with E-state index in [2.05, 4.69) is 41.4 Å². The third-order valence-corrected chi connectivity index (χ3v) is 5.84. The maximum Gasteiger partial charge on any atom is 0.0426 e. The van der Waals surface area contributed by atoms with Crippen LogP contribution in [0.3, 0.4) is 0 Å². The molecule has 1 fully saturated rings. The number of hydrogen-bond acceptors (Lipinski definition) is 3. The minimum absolute atomic E-state index is 0.565. The van der Waals surface area contributed by atoms with Crippen LogP contribution in [0, 0.1) is 0 Å². The number of likely N-dealkylation sites (tertiary alicyclic amines) is 1. The molecule has 2 unspecified atom stereocenters. The fourth-order valence-corrected chi connectivity index (χ4v) is 4.58. The second-order valence-corrected chi connectivity index (χ2v) is 7.15. The molecular formula is C17H26N2S. The number of piperidine rings is 1. The molecule has 2 nitrogen and oxygen atoms in total. The molecule has 1 N–H and O–H groups in total. The number of fused-ring (bicyclic) bond motifs is 1. The summed E-state index contributed by atoms with van der Waals surface area (Å²) in [4.78, 5) is 4.14. The molecule has 20 heavy (non-hydrogen) atoms. The van der Waals surface area contributed by atoms with E-state index in [1.54, 1.807) is 0 Å². The van der Waals surface area contributed by atoms with Gasteiger partial charge in [-0.05, 0) is 57.5 Å². The molecule has 0 bridgehead atoms. The molecule has 2 aliphatic heterocycles. The highest BCUT2D eigenvalue weighted by atomic mass is 32.2. The van der Waals surface area contributed by atoms with Crippen molar-refractivity contribution in [3.63, 3.8) is 0 Å². The van der Waals surface area contributed by atoms with E-state index in [-0.39, 0.29) is 0 Å². The fraction of sp³-hybridized carbons (Fsp3) is 0.647. The fourth-order valence-electron chi connectivity index (χ4n) is 3.38. The van der Waals surface area contributed by atoms with Crippen LogP contribution in [-0.4, -0.2) is 36.3 Å². The van der Waals surface area contributed by atoms with Gasteiger partial charge in [0, 0.05) is 22.7 Å². The van der Waals surface area contributed by atoms with Gasteiger partial charge in [-0.25, -0.2) is 0 Å². The first kappa shape index (κ1) is 14.4. The first-order chi connectivity index (χ1) is 9.84. The summed E-state index contributed by atoms with van der Waals surface area (Å²) in [5, 5.41) is 3.74. The Morgan fingerprint density at radius 3 is 3.10 bits per heavy atom. The number of rotatable bonds is 5. The van der Waals surface area contributed by atoms with Crippen molar-refractivity contribution in [3.8, 4) is 0 Å². The van der Waals surface area contributed by atoms with Crippen molar-refractivity contribution in [3.05, 3.63) is 29.8 Å². The molecule has 110 valence electrons. The molecule has 0 radical (unpaired) electrons. The minimum atomic E-state index is 0.565. The maximum absolute atomic E-state index is 3.74. The van der Waals surface area contributed by atoms with Gasteiger partial charge >= 0.3 is 0 Å². The molecule has 0 amide bonds. The SMILES string of the molecule is CC1CCCCN1CCCNC1CSc2ccccc21. The normalized spacial score (nSPS) is 26.6. The third-order valence-electron chi connectivity index (χ3n) is 4.65. The van der Waals surface area contributed by atoms with Gasteiger partial charge < -0.3 is 10.2 Å². The van der Waals surface area contributed by atoms with Gasteiger partial charge in [-0.15, -0.1) is 11.8 Å². The topological polar surface area (TPSA) is 15.3 Å². The van der Waals surface area contributed by atoms with Gasteiger partial charge in [0.1, 0.15) is 0 Å². The van der Waals surface area contributed by atoms with Crippen molar-refractivity contribution >= 4 is 11.8 Å². The summed E-state index contributed by atoms with van der Waals surface area (Å²) in [6, 6.07) is 10.2. The standard InChI is InChI=1S/C17H26N2S/c1-14-7-4-5-11-19(14)12-6-10-18-16-13-20-17-9-3-2-8-15(16)17/h2-3,8-9,14,16,18H,4-7,10-13H2,1H3. The van der Waals surface area contributed by atoms with Gasteiger partial charge in [-0.3, -0.25) is 0 Å². The first-order valence-electron chi connectivity index (χ1n) is 8.04. The van der Waals surface area contributed by atoms with Crippen LogP contribution in [0.5, 0.6) is 0 Å². The predicted octanol–water partition coefficient (Wildman–Crippen LogP) is 3.69. The second-order valence-electron chi connectivity index (χ2n) is 6.09. The smallest absolute Gasteiger partial charge is 0.0426 e. The molecule has 0 saturated carbocycles. The number of benzene rings is 1. The van der Waals surface area contributed by atoms with Crippen LogP contribution in [-0.2, 0) is 0 Å².